The summed E-state index contributed by atoms with van der Waals surface area (Å²) >= 11 is 0. The fraction of sp³-hybridized carbons (Fsp3) is 0.364. The molecule has 3 heterocycles. The van der Waals surface area contributed by atoms with Crippen molar-refractivity contribution in [1.82, 2.24) is 10.4 Å². The number of hydroxylamine groups is 4. The molecule has 3 aliphatic rings. The van der Waals surface area contributed by atoms with Crippen LogP contribution >= 0.6 is 29.7 Å². The maximum atomic E-state index is 13.6. The molecule has 1 saturated heterocycles. The highest BCUT2D eigenvalue weighted by Gasteiger charge is 2.64. The molecule has 0 radical (unpaired) electrons. The quantitative estimate of drug-likeness (QED) is 0.0255. The number of alkyl carbamates (subject to hydrolysis) is 1. The highest BCUT2D eigenvalue weighted by molar-refractivity contribution is 7.96. The Balaban J connectivity index is 0.000000262. The maximum absolute atomic E-state index is 13.6. The number of carbonyl (C=O) groups is 4. The van der Waals surface area contributed by atoms with Crippen LogP contribution in [-0.4, -0.2) is 127 Å². The molecular formula is C66H83Br2N5O15P4. The van der Waals surface area contributed by atoms with Crippen molar-refractivity contribution < 1.29 is 104 Å². The lowest BCUT2D eigenvalue weighted by molar-refractivity contribution is -0.515. The fourth-order valence-corrected chi connectivity index (χ4v) is 24.2. The molecule has 1 fully saturated rings. The van der Waals surface area contributed by atoms with Crippen molar-refractivity contribution in [3.63, 3.8) is 0 Å². The second-order valence-corrected chi connectivity index (χ2v) is 33.4. The van der Waals surface area contributed by atoms with Crippen LogP contribution in [-0.2, 0) is 51.1 Å². The van der Waals surface area contributed by atoms with E-state index in [2.05, 4.69) is 174 Å². The van der Waals surface area contributed by atoms with Crippen LogP contribution in [0.5, 0.6) is 0 Å². The largest absolute Gasteiger partial charge is 1.00 e. The smallest absolute Gasteiger partial charge is 0.533 e. The summed E-state index contributed by atoms with van der Waals surface area (Å²) in [6, 6.07) is 63.8. The van der Waals surface area contributed by atoms with Gasteiger partial charge in [0.15, 0.2) is 12.4 Å². The third-order valence-corrected chi connectivity index (χ3v) is 30.8. The van der Waals surface area contributed by atoms with E-state index in [4.69, 9.17) is 33.3 Å². The molecule has 0 saturated carbocycles. The Morgan fingerprint density at radius 3 is 1.12 bits per heavy atom. The number of nitrogens with two attached hydrogens (primary N) is 1. The van der Waals surface area contributed by atoms with Crippen LogP contribution in [0.3, 0.4) is 0 Å². The van der Waals surface area contributed by atoms with Gasteiger partial charge in [-0.2, -0.15) is 9.48 Å². The van der Waals surface area contributed by atoms with Crippen molar-refractivity contribution in [3.05, 3.63) is 192 Å². The van der Waals surface area contributed by atoms with E-state index in [0.717, 1.165) is 6.16 Å². The van der Waals surface area contributed by atoms with Gasteiger partial charge in [0.1, 0.15) is 59.6 Å². The molecule has 3 amide bonds. The summed E-state index contributed by atoms with van der Waals surface area (Å²) < 4.78 is 60.2. The first-order chi connectivity index (χ1) is 43.4. The Hall–Kier alpha value is -5.98. The van der Waals surface area contributed by atoms with Crippen LogP contribution in [0.15, 0.2) is 182 Å². The summed E-state index contributed by atoms with van der Waals surface area (Å²) in [5.74, 6) is -2.55. The van der Waals surface area contributed by atoms with E-state index in [9.17, 15) is 38.7 Å². The molecule has 92 heavy (non-hydrogen) atoms. The second kappa shape index (κ2) is 36.1. The Bertz CT molecular complexity index is 3240. The predicted octanol–water partition coefficient (Wildman–Crippen LogP) is 4.02. The van der Waals surface area contributed by atoms with Gasteiger partial charge in [0.2, 0.25) is 0 Å². The van der Waals surface area contributed by atoms with Gasteiger partial charge in [0.05, 0.1) is 57.1 Å². The minimum absolute atomic E-state index is 0. The maximum Gasteiger partial charge on any atom is 0.533 e. The topological polar surface area (TPSA) is 260 Å². The molecule has 9 rings (SSSR count). The van der Waals surface area contributed by atoms with Crippen LogP contribution in [0.25, 0.3) is 0 Å². The van der Waals surface area contributed by atoms with E-state index in [1.807, 2.05) is 18.2 Å². The molecule has 0 aromatic heterocycles. The molecule has 496 valence electrons. The number of hydrogen-bond acceptors (Lipinski definition) is 16. The second-order valence-electron chi connectivity index (χ2n) is 21.4. The van der Waals surface area contributed by atoms with Gasteiger partial charge in [-0.3, -0.25) is 23.6 Å². The molecular weight excluding hydrogens is 1390 g/mol. The van der Waals surface area contributed by atoms with Crippen molar-refractivity contribution in [1.29, 1.82) is 0 Å². The molecule has 6 aromatic rings. The minimum Gasteiger partial charge on any atom is -1.00 e. The first-order valence-electron chi connectivity index (χ1n) is 30.2. The van der Waals surface area contributed by atoms with Gasteiger partial charge < -0.3 is 83.0 Å². The summed E-state index contributed by atoms with van der Waals surface area (Å²) in [6.45, 7) is 10.6. The Kier molecular flexibility index (Phi) is 30.1. The summed E-state index contributed by atoms with van der Waals surface area (Å²) in [7, 11) is -11.5. The number of rotatable bonds is 26. The molecule has 0 bridgehead atoms. The van der Waals surface area contributed by atoms with E-state index in [1.54, 1.807) is 34.6 Å². The Morgan fingerprint density at radius 2 is 0.826 bits per heavy atom. The molecule has 6 aromatic carbocycles. The number of benzene rings is 6. The molecule has 26 heteroatoms. The van der Waals surface area contributed by atoms with Crippen molar-refractivity contribution in [3.8, 4) is 0 Å². The molecule has 20 nitrogen and oxygen atoms in total. The number of ether oxygens (including phenoxy) is 2. The summed E-state index contributed by atoms with van der Waals surface area (Å²) in [5.41, 5.74) is 6.05. The normalized spacial score (nSPS) is 18.7. The highest BCUT2D eigenvalue weighted by Crippen LogP contribution is 2.66. The number of halogens is 2. The lowest BCUT2D eigenvalue weighted by Gasteiger charge is -2.34. The molecule has 0 spiro atoms. The summed E-state index contributed by atoms with van der Waals surface area (Å²) in [6.07, 6.45) is 2.88. The number of carbonyl (C=O) groups excluding carboxylic acids is 4. The van der Waals surface area contributed by atoms with Gasteiger partial charge in [-0.15, -0.1) is 0 Å². The third kappa shape index (κ3) is 17.1. The monoisotopic (exact) mass is 1470 g/mol. The lowest BCUT2D eigenvalue weighted by atomic mass is 10.0. The van der Waals surface area contributed by atoms with Gasteiger partial charge in [0, 0.05) is 46.1 Å². The van der Waals surface area contributed by atoms with Crippen molar-refractivity contribution in [2.24, 2.45) is 17.6 Å². The van der Waals surface area contributed by atoms with E-state index < -0.39 is 76.2 Å². The van der Waals surface area contributed by atoms with E-state index in [0.29, 0.717) is 40.2 Å². The Morgan fingerprint density at radius 1 is 0.533 bits per heavy atom. The van der Waals surface area contributed by atoms with Gasteiger partial charge in [-0.1, -0.05) is 114 Å². The standard InChI is InChI=1S/C31H38N2O6P2.C20H21NP.C15H23N2O9P.2BrH/c1-4-38-41(36,39-5-2)31(3)26(21-23-33(31)35)25-37-30(34)32-22-24-40(27-15-9-6-10-16-27,28-17-11-7-12-18-28)29-19-13-8-14-20-29;21-16-17-22(18-10-4-1-5-11-18,19-12-6-2-7-13-19)20-14-8-3-9-15-20;1-4-24-27(22,25-5-2)15(3)11(8-9-16(15)21)10-23-14(20)26-17-12(18)6-7-13(17)19;;/h6-20,23,26H,4-5,21-22,24-25H2,1-3H3;1-15H,16-17,21H2;9,11H,4-8,10H2,1-3H3;2*1H/q;+1;;;/p-1/t26-,31+;;11-,15+;;/m1.1../s1. The number of nitrogens with one attached hydrogen (secondary N) is 1. The Labute approximate surface area is 562 Å². The zero-order valence-corrected chi connectivity index (χ0v) is 59.4. The molecule has 0 aliphatic carbocycles. The molecule has 3 N–H and O–H groups in total. The molecule has 4 atom stereocenters. The fourth-order valence-electron chi connectivity index (χ4n) is 11.5. The van der Waals surface area contributed by atoms with Crippen LogP contribution in [0, 0.1) is 22.3 Å². The van der Waals surface area contributed by atoms with Crippen LogP contribution in [0.2, 0.25) is 0 Å². The number of nitrogens with zero attached hydrogens (tertiary/aromatic N) is 3. The van der Waals surface area contributed by atoms with Gasteiger partial charge in [0.25, 0.3) is 22.4 Å². The van der Waals surface area contributed by atoms with Gasteiger partial charge in [-0.25, -0.2) is 9.59 Å². The summed E-state index contributed by atoms with van der Waals surface area (Å²) in [5, 5.41) is 33.3. The van der Waals surface area contributed by atoms with E-state index >= 15 is 0 Å². The first kappa shape index (κ1) is 76.7. The van der Waals surface area contributed by atoms with Crippen LogP contribution in [0.4, 0.5) is 9.59 Å². The number of hydrogen-bond donors (Lipinski definition) is 2. The molecule has 3 aliphatic heterocycles. The number of amides is 3. The summed E-state index contributed by atoms with van der Waals surface area (Å²) in [4.78, 5) is 52.3. The average molecular weight is 1470 g/mol. The van der Waals surface area contributed by atoms with E-state index in [-0.39, 0.29) is 92.9 Å². The van der Waals surface area contributed by atoms with Crippen LogP contribution in [0.1, 0.15) is 67.2 Å². The minimum atomic E-state index is -3.87. The van der Waals surface area contributed by atoms with Crippen LogP contribution < -0.4 is 76.8 Å². The predicted molar refractivity (Wildman–Crippen MR) is 356 cm³/mol. The van der Waals surface area contributed by atoms with Gasteiger partial charge >= 0.3 is 27.4 Å². The zero-order valence-electron chi connectivity index (χ0n) is 52.6. The SMILES string of the molecule is CCOP(=O)(OCC)[C@@]1(C)[C@@H](COC(=O)NCC[P+](c2ccccc2)(c2ccccc2)c2ccccc2)CC=[N+]1[O-].CCOP(=O)(OCC)[C@@]1(C)[C@@H](COC(=O)ON2C(=O)CCC2=O)CC=[N+]1[O-].NCC[P+](c1ccccc1)(c1ccccc1)c1ccccc1.[Br-].[Br-]. The first-order valence-corrected chi connectivity index (χ1v) is 37.2. The number of imide groups is 1. The highest BCUT2D eigenvalue weighted by atomic mass is 79.9. The van der Waals surface area contributed by atoms with Crippen molar-refractivity contribution in [2.45, 2.75) is 77.8 Å². The zero-order chi connectivity index (χ0) is 64.8. The van der Waals surface area contributed by atoms with Gasteiger partial charge in [-0.05, 0) is 100 Å². The molecule has 0 unspecified atom stereocenters. The van der Waals surface area contributed by atoms with Crippen molar-refractivity contribution in [2.75, 3.05) is 65.1 Å². The average Bonchev–Trinajstić information content (AvgIpc) is 1.46. The third-order valence-electron chi connectivity index (χ3n) is 16.2. The van der Waals surface area contributed by atoms with Crippen molar-refractivity contribution >= 4 is 98.0 Å². The lowest BCUT2D eigenvalue weighted by Crippen LogP contribution is -3.00. The van der Waals surface area contributed by atoms with E-state index in [1.165, 1.54) is 51.2 Å².